The second kappa shape index (κ2) is 11.2. The number of benzene rings is 2. The van der Waals surface area contributed by atoms with Crippen molar-refractivity contribution in [3.63, 3.8) is 0 Å². The standard InChI is InChI=1S/C25H27N3O6S2/c1-33-19-10-8-18(9-11-19)21-17-35-24(23(21)25(30)34-2)26-22(29)16-27-12-14-28(15-13-27)36(31,32)20-6-4-3-5-7-20/h3-11,17H,12-16H2,1-2H3,(H,26,29). The van der Waals surface area contributed by atoms with Crippen LogP contribution in [0.25, 0.3) is 11.1 Å². The number of ether oxygens (including phenoxy) is 2. The fraction of sp³-hybridized carbons (Fsp3) is 0.280. The van der Waals surface area contributed by atoms with Crippen molar-refractivity contribution in [2.75, 3.05) is 52.3 Å². The molecule has 0 unspecified atom stereocenters. The maximum Gasteiger partial charge on any atom is 0.341 e. The molecule has 190 valence electrons. The van der Waals surface area contributed by atoms with Crippen molar-refractivity contribution in [3.05, 3.63) is 65.5 Å². The molecule has 9 nitrogen and oxygen atoms in total. The lowest BCUT2D eigenvalue weighted by Gasteiger charge is -2.33. The van der Waals surface area contributed by atoms with Crippen LogP contribution in [0.3, 0.4) is 0 Å². The number of hydrogen-bond donors (Lipinski definition) is 1. The third-order valence-corrected chi connectivity index (χ3v) is 8.72. The van der Waals surface area contributed by atoms with Crippen molar-refractivity contribution >= 4 is 38.2 Å². The van der Waals surface area contributed by atoms with Crippen LogP contribution in [0.1, 0.15) is 10.4 Å². The van der Waals surface area contributed by atoms with E-state index in [0.29, 0.717) is 48.1 Å². The zero-order valence-corrected chi connectivity index (χ0v) is 21.6. The molecule has 1 aromatic heterocycles. The fourth-order valence-corrected chi connectivity index (χ4v) is 6.39. The minimum Gasteiger partial charge on any atom is -0.497 e. The van der Waals surface area contributed by atoms with E-state index in [-0.39, 0.29) is 17.3 Å². The van der Waals surface area contributed by atoms with Crippen LogP contribution in [0.5, 0.6) is 5.75 Å². The Labute approximate surface area is 214 Å². The van der Waals surface area contributed by atoms with Gasteiger partial charge in [0.2, 0.25) is 15.9 Å². The summed E-state index contributed by atoms with van der Waals surface area (Å²) in [6, 6.07) is 15.6. The van der Waals surface area contributed by atoms with Gasteiger partial charge in [-0.15, -0.1) is 11.3 Å². The van der Waals surface area contributed by atoms with E-state index in [1.165, 1.54) is 22.8 Å². The summed E-state index contributed by atoms with van der Waals surface area (Å²) in [5.41, 5.74) is 1.74. The molecule has 1 aliphatic heterocycles. The summed E-state index contributed by atoms with van der Waals surface area (Å²) in [5.74, 6) is -0.140. The molecule has 3 aromatic rings. The summed E-state index contributed by atoms with van der Waals surface area (Å²) in [7, 11) is -0.684. The van der Waals surface area contributed by atoms with Gasteiger partial charge in [0.05, 0.1) is 25.7 Å². The molecule has 0 saturated carbocycles. The van der Waals surface area contributed by atoms with Crippen molar-refractivity contribution in [2.24, 2.45) is 0 Å². The lowest BCUT2D eigenvalue weighted by atomic mass is 10.0. The molecule has 0 bridgehead atoms. The quantitative estimate of drug-likeness (QED) is 0.447. The predicted octanol–water partition coefficient (Wildman–Crippen LogP) is 3.16. The number of nitrogens with zero attached hydrogens (tertiary/aromatic N) is 2. The predicted molar refractivity (Wildman–Crippen MR) is 138 cm³/mol. The third kappa shape index (κ3) is 5.59. The summed E-state index contributed by atoms with van der Waals surface area (Å²) in [6.45, 7) is 1.50. The smallest absolute Gasteiger partial charge is 0.341 e. The van der Waals surface area contributed by atoms with Crippen LogP contribution in [0.2, 0.25) is 0 Å². The summed E-state index contributed by atoms with van der Waals surface area (Å²) in [4.78, 5) is 27.5. The number of carbonyl (C=O) groups excluding carboxylic acids is 2. The normalized spacial score (nSPS) is 14.8. The van der Waals surface area contributed by atoms with E-state index in [2.05, 4.69) is 5.32 Å². The number of anilines is 1. The third-order valence-electron chi connectivity index (χ3n) is 5.91. The van der Waals surface area contributed by atoms with Gasteiger partial charge in [0, 0.05) is 37.1 Å². The number of hydrogen-bond acceptors (Lipinski definition) is 8. The number of sulfonamides is 1. The zero-order valence-electron chi connectivity index (χ0n) is 20.0. The monoisotopic (exact) mass is 529 g/mol. The number of methoxy groups -OCH3 is 2. The Bertz CT molecular complexity index is 1320. The maximum atomic E-state index is 12.8. The Hall–Kier alpha value is -3.25. The molecule has 1 N–H and O–H groups in total. The van der Waals surface area contributed by atoms with Crippen LogP contribution in [0.15, 0.2) is 64.9 Å². The molecular weight excluding hydrogens is 502 g/mol. The van der Waals surface area contributed by atoms with Crippen LogP contribution in [-0.2, 0) is 19.6 Å². The molecule has 1 saturated heterocycles. The van der Waals surface area contributed by atoms with Crippen LogP contribution < -0.4 is 10.1 Å². The highest BCUT2D eigenvalue weighted by Gasteiger charge is 2.29. The molecule has 0 spiro atoms. The first-order chi connectivity index (χ1) is 17.3. The number of esters is 1. The molecule has 4 rings (SSSR count). The van der Waals surface area contributed by atoms with Crippen molar-refractivity contribution in [3.8, 4) is 16.9 Å². The molecule has 0 atom stereocenters. The second-order valence-corrected chi connectivity index (χ2v) is 10.9. The topological polar surface area (TPSA) is 105 Å². The first-order valence-corrected chi connectivity index (χ1v) is 13.6. The van der Waals surface area contributed by atoms with E-state index in [0.717, 1.165) is 5.56 Å². The van der Waals surface area contributed by atoms with E-state index < -0.39 is 16.0 Å². The number of carbonyl (C=O) groups is 2. The molecule has 1 aliphatic rings. The Morgan fingerprint density at radius 2 is 1.64 bits per heavy atom. The highest BCUT2D eigenvalue weighted by atomic mass is 32.2. The molecule has 0 aliphatic carbocycles. The molecule has 1 amide bonds. The van der Waals surface area contributed by atoms with Crippen molar-refractivity contribution in [1.29, 1.82) is 0 Å². The van der Waals surface area contributed by atoms with Crippen molar-refractivity contribution < 1.29 is 27.5 Å². The fourth-order valence-electron chi connectivity index (χ4n) is 3.98. The van der Waals surface area contributed by atoms with Crippen molar-refractivity contribution in [1.82, 2.24) is 9.21 Å². The zero-order chi connectivity index (χ0) is 25.7. The maximum absolute atomic E-state index is 12.8. The number of nitrogens with one attached hydrogen (secondary N) is 1. The minimum atomic E-state index is -3.56. The lowest BCUT2D eigenvalue weighted by molar-refractivity contribution is -0.117. The summed E-state index contributed by atoms with van der Waals surface area (Å²) in [5, 5.41) is 5.04. The van der Waals surface area contributed by atoms with Crippen LogP contribution >= 0.6 is 11.3 Å². The summed E-state index contributed by atoms with van der Waals surface area (Å²) in [6.07, 6.45) is 0. The molecule has 0 radical (unpaired) electrons. The van der Waals surface area contributed by atoms with Crippen LogP contribution in [-0.4, -0.2) is 76.4 Å². The number of amides is 1. The SMILES string of the molecule is COC(=O)c1c(-c2ccc(OC)cc2)csc1NC(=O)CN1CCN(S(=O)(=O)c2ccccc2)CC1. The van der Waals surface area contributed by atoms with Gasteiger partial charge in [-0.2, -0.15) is 4.31 Å². The molecule has 2 heterocycles. The van der Waals surface area contributed by atoms with Crippen LogP contribution in [0.4, 0.5) is 5.00 Å². The molecule has 11 heteroatoms. The van der Waals surface area contributed by atoms with Gasteiger partial charge < -0.3 is 14.8 Å². The number of rotatable bonds is 8. The van der Waals surface area contributed by atoms with Gasteiger partial charge in [0.15, 0.2) is 0 Å². The van der Waals surface area contributed by atoms with Gasteiger partial charge in [-0.1, -0.05) is 30.3 Å². The van der Waals surface area contributed by atoms with Crippen LogP contribution in [0, 0.1) is 0 Å². The Morgan fingerprint density at radius 3 is 2.25 bits per heavy atom. The van der Waals surface area contributed by atoms with Crippen molar-refractivity contribution in [2.45, 2.75) is 4.90 Å². The van der Waals surface area contributed by atoms with Gasteiger partial charge in [-0.25, -0.2) is 13.2 Å². The van der Waals surface area contributed by atoms with E-state index in [4.69, 9.17) is 9.47 Å². The Morgan fingerprint density at radius 1 is 0.972 bits per heavy atom. The minimum absolute atomic E-state index is 0.0790. The average Bonchev–Trinajstić information content (AvgIpc) is 3.32. The first-order valence-electron chi connectivity index (χ1n) is 11.2. The van der Waals surface area contributed by atoms with Gasteiger partial charge >= 0.3 is 5.97 Å². The summed E-state index contributed by atoms with van der Waals surface area (Å²) >= 11 is 1.25. The summed E-state index contributed by atoms with van der Waals surface area (Å²) < 4.78 is 37.2. The first kappa shape index (κ1) is 25.8. The van der Waals surface area contributed by atoms with E-state index >= 15 is 0 Å². The Balaban J connectivity index is 1.41. The van der Waals surface area contributed by atoms with E-state index in [9.17, 15) is 18.0 Å². The van der Waals surface area contributed by atoms with E-state index in [1.807, 2.05) is 17.0 Å². The molecule has 36 heavy (non-hydrogen) atoms. The second-order valence-electron chi connectivity index (χ2n) is 8.12. The lowest BCUT2D eigenvalue weighted by Crippen LogP contribution is -2.50. The largest absolute Gasteiger partial charge is 0.497 e. The highest BCUT2D eigenvalue weighted by Crippen LogP contribution is 2.36. The Kier molecular flexibility index (Phi) is 8.04. The molecular formula is C25H27N3O6S2. The molecule has 1 fully saturated rings. The van der Waals surface area contributed by atoms with Gasteiger partial charge in [0.1, 0.15) is 16.3 Å². The van der Waals surface area contributed by atoms with Gasteiger partial charge in [0.25, 0.3) is 0 Å². The molecule has 2 aromatic carbocycles. The highest BCUT2D eigenvalue weighted by molar-refractivity contribution is 7.89. The number of thiophene rings is 1. The van der Waals surface area contributed by atoms with Gasteiger partial charge in [-0.05, 0) is 29.8 Å². The van der Waals surface area contributed by atoms with E-state index in [1.54, 1.807) is 55.0 Å². The average molecular weight is 530 g/mol. The number of piperazine rings is 1. The van der Waals surface area contributed by atoms with Gasteiger partial charge in [-0.3, -0.25) is 9.69 Å².